The maximum atomic E-state index is 12.5. The van der Waals surface area contributed by atoms with Gasteiger partial charge in [-0.15, -0.1) is 11.3 Å². The molecule has 22 heavy (non-hydrogen) atoms. The molecule has 0 fully saturated rings. The first kappa shape index (κ1) is 15.8. The van der Waals surface area contributed by atoms with Crippen LogP contribution < -0.4 is 5.32 Å². The van der Waals surface area contributed by atoms with E-state index in [1.807, 2.05) is 18.2 Å². The molecule has 0 saturated heterocycles. The molecule has 1 amide bonds. The molecule has 0 bridgehead atoms. The van der Waals surface area contributed by atoms with Gasteiger partial charge in [0, 0.05) is 9.92 Å². The number of thioether (sulfide) groups is 1. The van der Waals surface area contributed by atoms with Crippen molar-refractivity contribution in [3.8, 4) is 0 Å². The summed E-state index contributed by atoms with van der Waals surface area (Å²) in [5.74, 6) is -2.84. The van der Waals surface area contributed by atoms with Gasteiger partial charge in [-0.3, -0.25) is 4.79 Å². The second-order valence-electron chi connectivity index (χ2n) is 4.86. The Balaban J connectivity index is 1.77. The van der Waals surface area contributed by atoms with Crippen LogP contribution in [0.4, 0.5) is 8.78 Å². The second-order valence-corrected chi connectivity index (χ2v) is 7.22. The van der Waals surface area contributed by atoms with Gasteiger partial charge < -0.3 is 5.32 Å². The van der Waals surface area contributed by atoms with Crippen LogP contribution in [0.15, 0.2) is 34.5 Å². The van der Waals surface area contributed by atoms with E-state index in [1.54, 1.807) is 11.4 Å². The third-order valence-corrected chi connectivity index (χ3v) is 5.74. The first-order valence-corrected chi connectivity index (χ1v) is 8.80. The van der Waals surface area contributed by atoms with Crippen molar-refractivity contribution in [2.24, 2.45) is 0 Å². The van der Waals surface area contributed by atoms with E-state index in [2.05, 4.69) is 5.32 Å². The van der Waals surface area contributed by atoms with E-state index in [9.17, 15) is 13.6 Å². The van der Waals surface area contributed by atoms with Crippen LogP contribution in [0.1, 0.15) is 33.3 Å². The number of hydrogen-bond acceptors (Lipinski definition) is 3. The third-order valence-electron chi connectivity index (χ3n) is 3.57. The van der Waals surface area contributed by atoms with Crippen LogP contribution in [-0.2, 0) is 6.42 Å². The smallest absolute Gasteiger partial charge is 0.288 e. The van der Waals surface area contributed by atoms with Crippen molar-refractivity contribution < 1.29 is 13.6 Å². The van der Waals surface area contributed by atoms with E-state index in [0.29, 0.717) is 26.6 Å². The van der Waals surface area contributed by atoms with Crippen LogP contribution in [0.25, 0.3) is 0 Å². The molecule has 0 spiro atoms. The summed E-state index contributed by atoms with van der Waals surface area (Å²) < 4.78 is 25.0. The molecule has 1 aromatic carbocycles. The maximum absolute atomic E-state index is 12.5. The van der Waals surface area contributed by atoms with Crippen molar-refractivity contribution in [2.45, 2.75) is 29.5 Å². The molecule has 0 radical (unpaired) electrons. The highest BCUT2D eigenvalue weighted by atomic mass is 35.5. The fourth-order valence-electron chi connectivity index (χ4n) is 2.64. The molecule has 1 N–H and O–H groups in total. The molecule has 0 aliphatic heterocycles. The van der Waals surface area contributed by atoms with Crippen molar-refractivity contribution in [3.63, 3.8) is 0 Å². The number of benzene rings is 1. The fraction of sp³-hybridized carbons (Fsp3) is 0.267. The fourth-order valence-corrected chi connectivity index (χ4v) is 4.52. The summed E-state index contributed by atoms with van der Waals surface area (Å²) in [7, 11) is 0. The summed E-state index contributed by atoms with van der Waals surface area (Å²) in [4.78, 5) is 13.0. The highest BCUT2D eigenvalue weighted by molar-refractivity contribution is 7.99. The molecular weight excluding hydrogens is 348 g/mol. The molecule has 7 heteroatoms. The highest BCUT2D eigenvalue weighted by Gasteiger charge is 2.27. The lowest BCUT2D eigenvalue weighted by Crippen LogP contribution is -2.26. The molecule has 116 valence electrons. The Hall–Kier alpha value is -1.11. The maximum Gasteiger partial charge on any atom is 0.288 e. The number of halogens is 3. The molecule has 1 aliphatic rings. The molecule has 1 atom stereocenters. The zero-order valence-electron chi connectivity index (χ0n) is 11.3. The summed E-state index contributed by atoms with van der Waals surface area (Å²) in [5, 5.41) is 5.29. The van der Waals surface area contributed by atoms with Crippen LogP contribution in [0, 0.1) is 0 Å². The molecule has 3 rings (SSSR count). The summed E-state index contributed by atoms with van der Waals surface area (Å²) in [5.41, 5.74) is 2.07. The van der Waals surface area contributed by atoms with Gasteiger partial charge >= 0.3 is 0 Å². The number of amides is 1. The van der Waals surface area contributed by atoms with E-state index in [0.717, 1.165) is 24.0 Å². The summed E-state index contributed by atoms with van der Waals surface area (Å²) in [6.45, 7) is 0. The predicted octanol–water partition coefficient (Wildman–Crippen LogP) is 5.13. The molecule has 2 aromatic rings. The minimum Gasteiger partial charge on any atom is -0.344 e. The van der Waals surface area contributed by atoms with E-state index in [1.165, 1.54) is 11.3 Å². The van der Waals surface area contributed by atoms with Crippen LogP contribution in [0.2, 0.25) is 5.02 Å². The third kappa shape index (κ3) is 3.14. The van der Waals surface area contributed by atoms with Gasteiger partial charge in [0.2, 0.25) is 0 Å². The number of carbonyl (C=O) groups is 1. The Morgan fingerprint density at radius 3 is 3.00 bits per heavy atom. The first-order chi connectivity index (χ1) is 10.6. The standard InChI is InChI=1S/C15H12ClF2NOS2/c16-10-3-1-2-9-8(10)4-5-11(9)19-14(20)13-12(6-7-21-13)22-15(17)18/h1-3,6-7,11,15H,4-5H2,(H,19,20). The Kier molecular flexibility index (Phi) is 4.70. The second kappa shape index (κ2) is 6.56. The number of rotatable bonds is 4. The van der Waals surface area contributed by atoms with Gasteiger partial charge in [-0.25, -0.2) is 0 Å². The molecule has 1 aromatic heterocycles. The topological polar surface area (TPSA) is 29.1 Å². The zero-order chi connectivity index (χ0) is 15.7. The van der Waals surface area contributed by atoms with Crippen molar-refractivity contribution in [2.75, 3.05) is 0 Å². The average Bonchev–Trinajstić information content (AvgIpc) is 3.06. The molecule has 0 saturated carbocycles. The van der Waals surface area contributed by atoms with Gasteiger partial charge in [0.25, 0.3) is 11.7 Å². The molecule has 1 aliphatic carbocycles. The van der Waals surface area contributed by atoms with Crippen LogP contribution in [0.5, 0.6) is 0 Å². The minimum absolute atomic E-state index is 0.118. The lowest BCUT2D eigenvalue weighted by Gasteiger charge is -2.14. The van der Waals surface area contributed by atoms with Gasteiger partial charge in [0.15, 0.2) is 0 Å². The number of nitrogens with one attached hydrogen (secondary N) is 1. The van der Waals surface area contributed by atoms with Gasteiger partial charge in [-0.2, -0.15) is 8.78 Å². The van der Waals surface area contributed by atoms with Crippen molar-refractivity contribution in [3.05, 3.63) is 50.7 Å². The quantitative estimate of drug-likeness (QED) is 0.766. The van der Waals surface area contributed by atoms with E-state index >= 15 is 0 Å². The summed E-state index contributed by atoms with van der Waals surface area (Å²) in [6, 6.07) is 7.07. The average molecular weight is 360 g/mol. The summed E-state index contributed by atoms with van der Waals surface area (Å²) in [6.07, 6.45) is 1.58. The van der Waals surface area contributed by atoms with Crippen LogP contribution >= 0.6 is 34.7 Å². The minimum atomic E-state index is -2.54. The van der Waals surface area contributed by atoms with E-state index in [4.69, 9.17) is 11.6 Å². The first-order valence-electron chi connectivity index (χ1n) is 6.66. The lowest BCUT2D eigenvalue weighted by atomic mass is 10.1. The van der Waals surface area contributed by atoms with E-state index in [-0.39, 0.29) is 11.9 Å². The molecular formula is C15H12ClF2NOS2. The lowest BCUT2D eigenvalue weighted by molar-refractivity contribution is 0.0938. The number of carbonyl (C=O) groups excluding carboxylic acids is 1. The Labute approximate surface area is 139 Å². The molecule has 2 nitrogen and oxygen atoms in total. The molecule has 1 unspecified atom stereocenters. The Bertz CT molecular complexity index is 705. The van der Waals surface area contributed by atoms with Gasteiger partial charge in [0.05, 0.1) is 6.04 Å². The molecule has 1 heterocycles. The number of alkyl halides is 2. The van der Waals surface area contributed by atoms with Gasteiger partial charge in [-0.05, 0) is 41.5 Å². The van der Waals surface area contributed by atoms with Gasteiger partial charge in [-0.1, -0.05) is 35.5 Å². The highest BCUT2D eigenvalue weighted by Crippen LogP contribution is 2.37. The number of fused-ring (bicyclic) bond motifs is 1. The normalized spacial score (nSPS) is 16.8. The number of hydrogen-bond donors (Lipinski definition) is 1. The van der Waals surface area contributed by atoms with Crippen molar-refractivity contribution in [1.82, 2.24) is 5.32 Å². The predicted molar refractivity (Wildman–Crippen MR) is 86.2 cm³/mol. The van der Waals surface area contributed by atoms with Gasteiger partial charge in [0.1, 0.15) is 4.88 Å². The largest absolute Gasteiger partial charge is 0.344 e. The zero-order valence-corrected chi connectivity index (χ0v) is 13.7. The van der Waals surface area contributed by atoms with Crippen LogP contribution in [0.3, 0.4) is 0 Å². The Morgan fingerprint density at radius 2 is 2.23 bits per heavy atom. The monoisotopic (exact) mass is 359 g/mol. The van der Waals surface area contributed by atoms with Crippen molar-refractivity contribution in [1.29, 1.82) is 0 Å². The Morgan fingerprint density at radius 1 is 1.41 bits per heavy atom. The van der Waals surface area contributed by atoms with Crippen molar-refractivity contribution >= 4 is 40.6 Å². The summed E-state index contributed by atoms with van der Waals surface area (Å²) >= 11 is 7.73. The van der Waals surface area contributed by atoms with E-state index < -0.39 is 5.76 Å². The number of thiophene rings is 1. The van der Waals surface area contributed by atoms with Crippen LogP contribution in [-0.4, -0.2) is 11.7 Å². The SMILES string of the molecule is O=C(NC1CCc2c(Cl)cccc21)c1sccc1SC(F)F.